The van der Waals surface area contributed by atoms with Gasteiger partial charge in [0.25, 0.3) is 0 Å². The Balaban J connectivity index is 0.000000580. The van der Waals surface area contributed by atoms with Crippen LogP contribution in [0.5, 0.6) is 0 Å². The zero-order valence-electron chi connectivity index (χ0n) is 21.5. The maximum atomic E-state index is 3.36. The molecule has 0 saturated carbocycles. The number of fused-ring (bicyclic) bond motifs is 1. The van der Waals surface area contributed by atoms with Gasteiger partial charge in [-0.1, -0.05) is 61.6 Å². The molecule has 4 rings (SSSR count). The summed E-state index contributed by atoms with van der Waals surface area (Å²) in [5.74, 6) is 0.560. The molecule has 0 bridgehead atoms. The molecule has 0 fully saturated rings. The predicted molar refractivity (Wildman–Crippen MR) is 137 cm³/mol. The van der Waals surface area contributed by atoms with Crippen LogP contribution in [0.3, 0.4) is 0 Å². The van der Waals surface area contributed by atoms with E-state index in [4.69, 9.17) is 0 Å². The van der Waals surface area contributed by atoms with Crippen molar-refractivity contribution in [2.75, 3.05) is 0 Å². The van der Waals surface area contributed by atoms with Crippen LogP contribution in [0, 0.1) is 32.8 Å². The number of hydrogen-bond donors (Lipinski definition) is 0. The van der Waals surface area contributed by atoms with Gasteiger partial charge >= 0.3 is 41.9 Å². The molecule has 0 spiro atoms. The van der Waals surface area contributed by atoms with Gasteiger partial charge in [0.1, 0.15) is 0 Å². The molecule has 1 unspecified atom stereocenters. The Morgan fingerprint density at radius 2 is 1.48 bits per heavy atom. The molecule has 0 radical (unpaired) electrons. The van der Waals surface area contributed by atoms with E-state index in [9.17, 15) is 0 Å². The summed E-state index contributed by atoms with van der Waals surface area (Å²) in [5.41, 5.74) is 11.3. The minimum atomic E-state index is 0. The van der Waals surface area contributed by atoms with E-state index in [1.165, 1.54) is 55.3 Å². The molecule has 1 atom stereocenters. The van der Waals surface area contributed by atoms with Gasteiger partial charge < -0.3 is 24.8 Å². The second-order valence-electron chi connectivity index (χ2n) is 8.89. The largest absolute Gasteiger partial charge is 1.00 e. The first-order valence-corrected chi connectivity index (χ1v) is 17.2. The van der Waals surface area contributed by atoms with E-state index in [1.807, 2.05) is 0 Å². The van der Waals surface area contributed by atoms with Gasteiger partial charge in [-0.25, -0.2) is 5.57 Å². The summed E-state index contributed by atoms with van der Waals surface area (Å²) in [6.07, 6.45) is 3.36. The van der Waals surface area contributed by atoms with E-state index < -0.39 is 0 Å². The normalized spacial score (nSPS) is 14.3. The van der Waals surface area contributed by atoms with Crippen LogP contribution in [0.15, 0.2) is 65.3 Å². The van der Waals surface area contributed by atoms with Gasteiger partial charge in [0.15, 0.2) is 0 Å². The molecule has 1 aliphatic carbocycles. The number of rotatable bonds is 1. The van der Waals surface area contributed by atoms with Crippen molar-refractivity contribution in [1.82, 2.24) is 0 Å². The molecule has 0 heterocycles. The van der Waals surface area contributed by atoms with Gasteiger partial charge in [-0.3, -0.25) is 6.08 Å². The van der Waals surface area contributed by atoms with Crippen LogP contribution in [-0.2, 0) is 23.3 Å². The van der Waals surface area contributed by atoms with Crippen LogP contribution in [0.4, 0.5) is 0 Å². The molecule has 0 amide bonds. The zero-order valence-corrected chi connectivity index (χ0v) is 26.4. The second kappa shape index (κ2) is 14.6. The average Bonchev–Trinajstić information content (AvgIpc) is 3.22. The Labute approximate surface area is 229 Å². The Morgan fingerprint density at radius 3 is 1.97 bits per heavy atom. The summed E-state index contributed by atoms with van der Waals surface area (Å²) in [5, 5.41) is 2.68. The molecule has 176 valence electrons. The van der Waals surface area contributed by atoms with Crippen LogP contribution in [-0.4, -0.2) is 5.43 Å². The van der Waals surface area contributed by atoms with E-state index in [1.54, 1.807) is 23.3 Å². The van der Waals surface area contributed by atoms with Crippen LogP contribution in [0.25, 0.3) is 21.9 Å². The summed E-state index contributed by atoms with van der Waals surface area (Å²) >= 11 is 1.74. The number of benzene rings is 2. The summed E-state index contributed by atoms with van der Waals surface area (Å²) in [4.78, 5) is 0. The molecule has 0 nitrogen and oxygen atoms in total. The molecule has 1 aliphatic rings. The second-order valence-corrected chi connectivity index (χ2v) is 18.3. The van der Waals surface area contributed by atoms with Crippen molar-refractivity contribution in [3.63, 3.8) is 0 Å². The van der Waals surface area contributed by atoms with E-state index in [0.717, 1.165) is 0 Å². The van der Waals surface area contributed by atoms with E-state index in [2.05, 4.69) is 116 Å². The molecule has 4 heteroatoms. The van der Waals surface area contributed by atoms with Crippen LogP contribution < -0.4 is 24.8 Å². The smallest absolute Gasteiger partial charge is 0.0395 e. The summed E-state index contributed by atoms with van der Waals surface area (Å²) in [6, 6.07) is 17.6. The molecule has 0 aliphatic heterocycles. The van der Waals surface area contributed by atoms with E-state index in [0.29, 0.717) is 5.92 Å². The molecule has 0 saturated heterocycles. The number of allylic oxidation sites excluding steroid dienone is 4. The molecule has 0 N–H and O–H groups in total. The zero-order chi connectivity index (χ0) is 23.3. The summed E-state index contributed by atoms with van der Waals surface area (Å²) < 4.78 is 0. The van der Waals surface area contributed by atoms with Gasteiger partial charge in [0.2, 0.25) is 0 Å². The Morgan fingerprint density at radius 1 is 0.909 bits per heavy atom. The standard InChI is InChI=1S/C18H17.C9H13.C2H6Si.2ClH.Zr/c1-12-10-13(2)14(3)18(11-12)17-9-8-15-6-4-5-7-16(15)17;1-6-5-7(2)9(4)8(6)3;1-3-2;;;/h4-11H,1-3H3;6H,1-4H3;1-2H3;2*1H;/q2*-1;;;;+2/p-2. The molecule has 3 aromatic carbocycles. The third kappa shape index (κ3) is 8.74. The molecule has 0 aromatic heterocycles. The van der Waals surface area contributed by atoms with Crippen molar-refractivity contribution in [1.29, 1.82) is 0 Å². The van der Waals surface area contributed by atoms with Crippen molar-refractivity contribution in [2.24, 2.45) is 5.92 Å². The van der Waals surface area contributed by atoms with Gasteiger partial charge in [-0.15, -0.1) is 53.6 Å². The first kappa shape index (κ1) is 32.2. The fourth-order valence-corrected chi connectivity index (χ4v) is 3.87. The van der Waals surface area contributed by atoms with Crippen LogP contribution >= 0.6 is 0 Å². The SMILES string of the molecule is CC1=[C-]C(C)C(C)=C1C.C[Si](C)=[Zr+2].Cc1cc(C)c(C)c(-c2c[cH-]c3ccccc23)c1.[Cl-].[Cl-]. The molecular weight excluding hydrogens is 539 g/mol. The third-order valence-electron chi connectivity index (χ3n) is 6.02. The number of hydrogen-bond acceptors (Lipinski definition) is 0. The first-order valence-electron chi connectivity index (χ1n) is 11.0. The Bertz CT molecular complexity index is 1150. The molecular formula is C29H36Cl2SiZr-2. The topological polar surface area (TPSA) is 0 Å². The average molecular weight is 575 g/mol. The Hall–Kier alpha value is -0.790. The first-order chi connectivity index (χ1) is 14.5. The van der Waals surface area contributed by atoms with Crippen LogP contribution in [0.2, 0.25) is 13.1 Å². The van der Waals surface area contributed by atoms with Gasteiger partial charge in [-0.2, -0.15) is 11.1 Å². The quantitative estimate of drug-likeness (QED) is 0.310. The number of halogens is 2. The minimum absolute atomic E-state index is 0. The predicted octanol–water partition coefficient (Wildman–Crippen LogP) is 2.67. The maximum Gasteiger partial charge on any atom is -0.0395 e. The van der Waals surface area contributed by atoms with Crippen molar-refractivity contribution in [3.05, 3.63) is 88.0 Å². The van der Waals surface area contributed by atoms with E-state index in [-0.39, 0.29) is 30.2 Å². The third-order valence-corrected chi connectivity index (χ3v) is 6.02. The van der Waals surface area contributed by atoms with E-state index >= 15 is 0 Å². The fourth-order valence-electron chi connectivity index (χ4n) is 3.87. The van der Waals surface area contributed by atoms with Crippen molar-refractivity contribution < 1.29 is 48.1 Å². The summed E-state index contributed by atoms with van der Waals surface area (Å²) in [7, 11) is 0. The van der Waals surface area contributed by atoms with Crippen molar-refractivity contribution >= 4 is 16.2 Å². The monoisotopic (exact) mass is 572 g/mol. The van der Waals surface area contributed by atoms with Crippen LogP contribution in [0.1, 0.15) is 44.4 Å². The maximum absolute atomic E-state index is 3.36. The fraction of sp³-hybridized carbons (Fsp3) is 0.345. The molecule has 3 aromatic rings. The van der Waals surface area contributed by atoms with Gasteiger partial charge in [0, 0.05) is 0 Å². The molecule has 33 heavy (non-hydrogen) atoms. The van der Waals surface area contributed by atoms with Gasteiger partial charge in [-0.05, 0) is 26.3 Å². The van der Waals surface area contributed by atoms with Crippen molar-refractivity contribution in [2.45, 2.75) is 61.6 Å². The van der Waals surface area contributed by atoms with Gasteiger partial charge in [0.05, 0.1) is 0 Å². The number of aryl methyl sites for hydroxylation is 2. The van der Waals surface area contributed by atoms with Crippen molar-refractivity contribution in [3.8, 4) is 11.1 Å². The minimum Gasteiger partial charge on any atom is -1.00 e. The summed E-state index contributed by atoms with van der Waals surface area (Å²) in [6.45, 7) is 19.9. The Kier molecular flexibility index (Phi) is 14.2.